The summed E-state index contributed by atoms with van der Waals surface area (Å²) in [5.41, 5.74) is 9.14. The molecule has 0 saturated heterocycles. The quantitative estimate of drug-likeness (QED) is 0.762. The first-order chi connectivity index (χ1) is 7.75. The lowest BCUT2D eigenvalue weighted by molar-refractivity contribution is 0.862. The van der Waals surface area contributed by atoms with Gasteiger partial charge in [0.25, 0.3) is 0 Å². The van der Waals surface area contributed by atoms with E-state index in [0.29, 0.717) is 0 Å². The molecule has 0 spiro atoms. The van der Waals surface area contributed by atoms with Gasteiger partial charge in [0, 0.05) is 6.54 Å². The largest absolute Gasteiger partial charge is 0.397 e. The Labute approximate surface area is 96.8 Å². The fourth-order valence-corrected chi connectivity index (χ4v) is 1.98. The molecule has 0 atom stereocenters. The number of pyridine rings is 1. The van der Waals surface area contributed by atoms with E-state index < -0.39 is 0 Å². The van der Waals surface area contributed by atoms with Crippen LogP contribution in [0.1, 0.15) is 31.2 Å². The Morgan fingerprint density at radius 1 is 1.50 bits per heavy atom. The number of anilines is 2. The Morgan fingerprint density at radius 2 is 2.38 bits per heavy atom. The molecule has 1 aliphatic rings. The van der Waals surface area contributed by atoms with E-state index in [9.17, 15) is 0 Å². The molecule has 1 aliphatic carbocycles. The Bertz CT molecular complexity index is 396. The summed E-state index contributed by atoms with van der Waals surface area (Å²) in [7, 11) is 0. The Morgan fingerprint density at radius 3 is 3.06 bits per heavy atom. The van der Waals surface area contributed by atoms with Crippen LogP contribution in [-0.2, 0) is 0 Å². The zero-order valence-electron chi connectivity index (χ0n) is 9.79. The molecule has 1 aromatic heterocycles. The van der Waals surface area contributed by atoms with E-state index in [1.54, 1.807) is 11.8 Å². The summed E-state index contributed by atoms with van der Waals surface area (Å²) in [6, 6.07) is 2.00. The van der Waals surface area contributed by atoms with Crippen LogP contribution in [0.4, 0.5) is 11.5 Å². The maximum absolute atomic E-state index is 5.72. The predicted molar refractivity (Wildman–Crippen MR) is 68.4 cm³/mol. The molecule has 16 heavy (non-hydrogen) atoms. The molecule has 1 aromatic rings. The van der Waals surface area contributed by atoms with Gasteiger partial charge in [0.15, 0.2) is 0 Å². The lowest BCUT2D eigenvalue weighted by Gasteiger charge is -2.07. The third-order valence-electron chi connectivity index (χ3n) is 3.04. The van der Waals surface area contributed by atoms with Gasteiger partial charge in [0.2, 0.25) is 0 Å². The minimum atomic E-state index is 0.754. The highest BCUT2D eigenvalue weighted by Gasteiger charge is 2.04. The SMILES string of the molecule is Cc1cc(NCCC2=CCCC2)ncc1N. The first-order valence-electron chi connectivity index (χ1n) is 5.89. The molecule has 3 nitrogen and oxygen atoms in total. The van der Waals surface area contributed by atoms with Crippen molar-refractivity contribution in [2.75, 3.05) is 17.6 Å². The minimum Gasteiger partial charge on any atom is -0.397 e. The molecule has 0 radical (unpaired) electrons. The third kappa shape index (κ3) is 2.75. The molecule has 0 unspecified atom stereocenters. The van der Waals surface area contributed by atoms with Crippen LogP contribution in [0.2, 0.25) is 0 Å². The Hall–Kier alpha value is -1.51. The van der Waals surface area contributed by atoms with Crippen LogP contribution in [0.15, 0.2) is 23.9 Å². The van der Waals surface area contributed by atoms with Crippen LogP contribution in [0.5, 0.6) is 0 Å². The number of hydrogen-bond donors (Lipinski definition) is 2. The summed E-state index contributed by atoms with van der Waals surface area (Å²) < 4.78 is 0. The van der Waals surface area contributed by atoms with E-state index in [0.717, 1.165) is 30.0 Å². The molecular weight excluding hydrogens is 198 g/mol. The lowest BCUT2D eigenvalue weighted by atomic mass is 10.1. The molecule has 3 heteroatoms. The van der Waals surface area contributed by atoms with Crippen LogP contribution in [0, 0.1) is 6.92 Å². The van der Waals surface area contributed by atoms with E-state index in [4.69, 9.17) is 5.73 Å². The van der Waals surface area contributed by atoms with Gasteiger partial charge in [0.1, 0.15) is 5.82 Å². The topological polar surface area (TPSA) is 50.9 Å². The number of aromatic nitrogens is 1. The number of nitrogens with zero attached hydrogens (tertiary/aromatic N) is 1. The molecule has 0 amide bonds. The number of nitrogens with two attached hydrogens (primary N) is 1. The normalized spacial score (nSPS) is 14.9. The highest BCUT2D eigenvalue weighted by atomic mass is 15.0. The van der Waals surface area contributed by atoms with Gasteiger partial charge in [0.05, 0.1) is 11.9 Å². The first-order valence-corrected chi connectivity index (χ1v) is 5.89. The fourth-order valence-electron chi connectivity index (χ4n) is 1.98. The van der Waals surface area contributed by atoms with Crippen molar-refractivity contribution < 1.29 is 0 Å². The van der Waals surface area contributed by atoms with Gasteiger partial charge < -0.3 is 11.1 Å². The van der Waals surface area contributed by atoms with Gasteiger partial charge in [-0.2, -0.15) is 0 Å². The zero-order chi connectivity index (χ0) is 11.4. The zero-order valence-corrected chi connectivity index (χ0v) is 9.79. The second-order valence-corrected chi connectivity index (χ2v) is 4.36. The van der Waals surface area contributed by atoms with Gasteiger partial charge in [-0.25, -0.2) is 4.98 Å². The number of allylic oxidation sites excluding steroid dienone is 1. The molecular formula is C13H19N3. The van der Waals surface area contributed by atoms with Crippen LogP contribution < -0.4 is 11.1 Å². The van der Waals surface area contributed by atoms with E-state index in [2.05, 4.69) is 16.4 Å². The predicted octanol–water partition coefficient (Wildman–Crippen LogP) is 2.88. The van der Waals surface area contributed by atoms with Crippen molar-refractivity contribution >= 4 is 11.5 Å². The maximum atomic E-state index is 5.72. The van der Waals surface area contributed by atoms with E-state index in [1.807, 2.05) is 13.0 Å². The Balaban J connectivity index is 1.82. The van der Waals surface area contributed by atoms with Crippen molar-refractivity contribution in [1.29, 1.82) is 0 Å². The van der Waals surface area contributed by atoms with Crippen LogP contribution in [-0.4, -0.2) is 11.5 Å². The summed E-state index contributed by atoms with van der Waals surface area (Å²) in [5, 5.41) is 3.33. The summed E-state index contributed by atoms with van der Waals surface area (Å²) in [4.78, 5) is 4.25. The van der Waals surface area contributed by atoms with Gasteiger partial charge in [-0.05, 0) is 44.2 Å². The van der Waals surface area contributed by atoms with Crippen molar-refractivity contribution in [3.05, 3.63) is 29.5 Å². The summed E-state index contributed by atoms with van der Waals surface area (Å²) in [5.74, 6) is 0.922. The van der Waals surface area contributed by atoms with Crippen molar-refractivity contribution in [1.82, 2.24) is 4.98 Å². The summed E-state index contributed by atoms with van der Waals surface area (Å²) in [6.07, 6.45) is 9.07. The monoisotopic (exact) mass is 217 g/mol. The molecule has 3 N–H and O–H groups in total. The second-order valence-electron chi connectivity index (χ2n) is 4.36. The maximum Gasteiger partial charge on any atom is 0.126 e. The lowest BCUT2D eigenvalue weighted by Crippen LogP contribution is -2.05. The standard InChI is InChI=1S/C13H19N3/c1-10-8-13(16-9-12(10)14)15-7-6-11-4-2-3-5-11/h4,8-9H,2-3,5-7,14H2,1H3,(H,15,16). The van der Waals surface area contributed by atoms with E-state index in [-0.39, 0.29) is 0 Å². The molecule has 0 aliphatic heterocycles. The summed E-state index contributed by atoms with van der Waals surface area (Å²) in [6.45, 7) is 2.96. The minimum absolute atomic E-state index is 0.754. The van der Waals surface area contributed by atoms with E-state index >= 15 is 0 Å². The van der Waals surface area contributed by atoms with Gasteiger partial charge in [-0.15, -0.1) is 0 Å². The number of aryl methyl sites for hydroxylation is 1. The number of rotatable bonds is 4. The molecule has 0 saturated carbocycles. The van der Waals surface area contributed by atoms with Crippen molar-refractivity contribution in [3.8, 4) is 0 Å². The van der Waals surface area contributed by atoms with E-state index in [1.165, 1.54) is 19.3 Å². The van der Waals surface area contributed by atoms with Crippen molar-refractivity contribution in [2.24, 2.45) is 0 Å². The molecule has 0 fully saturated rings. The third-order valence-corrected chi connectivity index (χ3v) is 3.04. The molecule has 0 aromatic carbocycles. The smallest absolute Gasteiger partial charge is 0.126 e. The first kappa shape index (κ1) is 11.0. The van der Waals surface area contributed by atoms with Crippen LogP contribution in [0.3, 0.4) is 0 Å². The average molecular weight is 217 g/mol. The number of nitrogen functional groups attached to an aromatic ring is 1. The van der Waals surface area contributed by atoms with Gasteiger partial charge in [-0.3, -0.25) is 0 Å². The second kappa shape index (κ2) is 5.01. The van der Waals surface area contributed by atoms with Gasteiger partial charge >= 0.3 is 0 Å². The van der Waals surface area contributed by atoms with Crippen LogP contribution in [0.25, 0.3) is 0 Å². The molecule has 1 heterocycles. The Kier molecular flexibility index (Phi) is 3.44. The number of nitrogens with one attached hydrogen (secondary N) is 1. The van der Waals surface area contributed by atoms with Gasteiger partial charge in [-0.1, -0.05) is 11.6 Å². The molecule has 2 rings (SSSR count). The number of hydrogen-bond acceptors (Lipinski definition) is 3. The summed E-state index contributed by atoms with van der Waals surface area (Å²) >= 11 is 0. The van der Waals surface area contributed by atoms with Crippen molar-refractivity contribution in [3.63, 3.8) is 0 Å². The fraction of sp³-hybridized carbons (Fsp3) is 0.462. The average Bonchev–Trinajstić information content (AvgIpc) is 2.76. The highest BCUT2D eigenvalue weighted by Crippen LogP contribution is 2.20. The molecule has 86 valence electrons. The van der Waals surface area contributed by atoms with Crippen LogP contribution >= 0.6 is 0 Å². The molecule has 0 bridgehead atoms. The van der Waals surface area contributed by atoms with Crippen molar-refractivity contribution in [2.45, 2.75) is 32.6 Å². The highest BCUT2D eigenvalue weighted by molar-refractivity contribution is 5.50.